The van der Waals surface area contributed by atoms with Crippen molar-refractivity contribution in [2.75, 3.05) is 0 Å². The molecule has 0 radical (unpaired) electrons. The van der Waals surface area contributed by atoms with Crippen LogP contribution in [0, 0.1) is 0 Å². The highest BCUT2D eigenvalue weighted by Gasteiger charge is 2.48. The van der Waals surface area contributed by atoms with Crippen LogP contribution in [0.5, 0.6) is 11.5 Å². The summed E-state index contributed by atoms with van der Waals surface area (Å²) < 4.78 is 61.0. The molecule has 0 heterocycles. The SMILES string of the molecule is O=Cc1c(O)cccc1OS(=O)(=O)C(F)(F)F. The van der Waals surface area contributed by atoms with Crippen LogP contribution in [0.25, 0.3) is 0 Å². The molecule has 17 heavy (non-hydrogen) atoms. The van der Waals surface area contributed by atoms with E-state index < -0.39 is 32.7 Å². The first-order valence-corrected chi connectivity index (χ1v) is 5.38. The van der Waals surface area contributed by atoms with Crippen LogP contribution in [-0.2, 0) is 10.1 Å². The van der Waals surface area contributed by atoms with Gasteiger partial charge in [0.05, 0.1) is 5.56 Å². The average Bonchev–Trinajstić information content (AvgIpc) is 2.15. The number of hydrogen-bond acceptors (Lipinski definition) is 5. The van der Waals surface area contributed by atoms with Gasteiger partial charge in [-0.15, -0.1) is 0 Å². The van der Waals surface area contributed by atoms with E-state index in [1.165, 1.54) is 0 Å². The van der Waals surface area contributed by atoms with Gasteiger partial charge in [0.1, 0.15) is 5.75 Å². The topological polar surface area (TPSA) is 80.7 Å². The summed E-state index contributed by atoms with van der Waals surface area (Å²) in [5, 5.41) is 9.10. The molecule has 0 bridgehead atoms. The first kappa shape index (κ1) is 13.3. The van der Waals surface area contributed by atoms with Gasteiger partial charge in [-0.3, -0.25) is 4.79 Å². The Hall–Kier alpha value is -1.77. The maximum atomic E-state index is 12.0. The average molecular weight is 270 g/mol. The van der Waals surface area contributed by atoms with Crippen LogP contribution >= 0.6 is 0 Å². The molecule has 5 nitrogen and oxygen atoms in total. The van der Waals surface area contributed by atoms with E-state index in [0.29, 0.717) is 0 Å². The predicted octanol–water partition coefficient (Wildman–Crippen LogP) is 1.43. The fourth-order valence-corrected chi connectivity index (χ4v) is 1.37. The third kappa shape index (κ3) is 2.67. The first-order chi connectivity index (χ1) is 7.69. The van der Waals surface area contributed by atoms with Gasteiger partial charge in [-0.1, -0.05) is 6.07 Å². The Morgan fingerprint density at radius 1 is 1.29 bits per heavy atom. The molecule has 1 aromatic rings. The Kier molecular flexibility index (Phi) is 3.32. The van der Waals surface area contributed by atoms with Gasteiger partial charge in [0.25, 0.3) is 0 Å². The molecule has 0 atom stereocenters. The van der Waals surface area contributed by atoms with Gasteiger partial charge in [0.2, 0.25) is 0 Å². The molecule has 0 aliphatic carbocycles. The molecule has 0 unspecified atom stereocenters. The van der Waals surface area contributed by atoms with E-state index in [-0.39, 0.29) is 6.29 Å². The maximum absolute atomic E-state index is 12.0. The minimum Gasteiger partial charge on any atom is -0.507 e. The Labute approximate surface area is 93.6 Å². The van der Waals surface area contributed by atoms with Crippen LogP contribution in [-0.4, -0.2) is 25.3 Å². The van der Waals surface area contributed by atoms with Crippen molar-refractivity contribution in [3.8, 4) is 11.5 Å². The summed E-state index contributed by atoms with van der Waals surface area (Å²) in [6.07, 6.45) is -0.0173. The molecule has 0 amide bonds. The van der Waals surface area contributed by atoms with Crippen LogP contribution in [0.3, 0.4) is 0 Å². The summed E-state index contributed by atoms with van der Waals surface area (Å²) in [5.41, 5.74) is -6.29. The van der Waals surface area contributed by atoms with Crippen molar-refractivity contribution in [1.29, 1.82) is 0 Å². The summed E-state index contributed by atoms with van der Waals surface area (Å²) in [7, 11) is -5.87. The van der Waals surface area contributed by atoms with E-state index in [2.05, 4.69) is 4.18 Å². The minimum absolute atomic E-state index is 0.0173. The Morgan fingerprint density at radius 2 is 1.88 bits per heavy atom. The van der Waals surface area contributed by atoms with E-state index in [4.69, 9.17) is 5.11 Å². The minimum atomic E-state index is -5.87. The molecule has 0 fully saturated rings. The van der Waals surface area contributed by atoms with E-state index in [1.54, 1.807) is 0 Å². The maximum Gasteiger partial charge on any atom is 0.534 e. The van der Waals surface area contributed by atoms with Gasteiger partial charge in [-0.25, -0.2) is 0 Å². The van der Waals surface area contributed by atoms with Crippen molar-refractivity contribution >= 4 is 16.4 Å². The molecule has 0 saturated carbocycles. The standard InChI is InChI=1S/C8H5F3O5S/c9-8(10,11)17(14,15)16-7-3-1-2-6(13)5(7)4-12/h1-4,13H. The number of aldehydes is 1. The monoisotopic (exact) mass is 270 g/mol. The van der Waals surface area contributed by atoms with Crippen molar-refractivity contribution in [3.05, 3.63) is 23.8 Å². The highest BCUT2D eigenvalue weighted by molar-refractivity contribution is 7.88. The summed E-state index contributed by atoms with van der Waals surface area (Å²) in [5.74, 6) is -1.58. The van der Waals surface area contributed by atoms with Crippen molar-refractivity contribution in [1.82, 2.24) is 0 Å². The lowest BCUT2D eigenvalue weighted by Crippen LogP contribution is -2.28. The number of phenols is 1. The second-order valence-corrected chi connectivity index (χ2v) is 4.33. The van der Waals surface area contributed by atoms with Gasteiger partial charge < -0.3 is 9.29 Å². The number of aromatic hydroxyl groups is 1. The number of phenolic OH excluding ortho intramolecular Hbond substituents is 1. The highest BCUT2D eigenvalue weighted by Crippen LogP contribution is 2.31. The van der Waals surface area contributed by atoms with Gasteiger partial charge in [-0.2, -0.15) is 21.6 Å². The second-order valence-electron chi connectivity index (χ2n) is 2.79. The van der Waals surface area contributed by atoms with E-state index in [0.717, 1.165) is 18.2 Å². The lowest BCUT2D eigenvalue weighted by molar-refractivity contribution is -0.0500. The molecule has 94 valence electrons. The number of alkyl halides is 3. The zero-order valence-corrected chi connectivity index (χ0v) is 8.75. The Balaban J connectivity index is 3.22. The van der Waals surface area contributed by atoms with Gasteiger partial charge in [-0.05, 0) is 12.1 Å². The van der Waals surface area contributed by atoms with Crippen molar-refractivity contribution < 1.29 is 35.7 Å². The zero-order valence-electron chi connectivity index (χ0n) is 7.93. The first-order valence-electron chi connectivity index (χ1n) is 3.97. The number of carbonyl (C=O) groups is 1. The highest BCUT2D eigenvalue weighted by atomic mass is 32.2. The van der Waals surface area contributed by atoms with E-state index in [9.17, 15) is 26.4 Å². The molecule has 9 heteroatoms. The van der Waals surface area contributed by atoms with Crippen LogP contribution in [0.2, 0.25) is 0 Å². The molecule has 1 aromatic carbocycles. The van der Waals surface area contributed by atoms with Crippen molar-refractivity contribution in [2.45, 2.75) is 5.51 Å². The van der Waals surface area contributed by atoms with E-state index >= 15 is 0 Å². The molecule has 0 aliphatic rings. The third-order valence-corrected chi connectivity index (χ3v) is 2.61. The summed E-state index contributed by atoms with van der Waals surface area (Å²) >= 11 is 0. The van der Waals surface area contributed by atoms with Gasteiger partial charge in [0.15, 0.2) is 12.0 Å². The fraction of sp³-hybridized carbons (Fsp3) is 0.125. The summed E-state index contributed by atoms with van der Waals surface area (Å²) in [6.45, 7) is 0. The zero-order chi connectivity index (χ0) is 13.3. The lowest BCUT2D eigenvalue weighted by Gasteiger charge is -2.11. The smallest absolute Gasteiger partial charge is 0.507 e. The molecular weight excluding hydrogens is 265 g/mol. The van der Waals surface area contributed by atoms with Gasteiger partial charge in [0, 0.05) is 0 Å². The quantitative estimate of drug-likeness (QED) is 0.510. The molecule has 0 spiro atoms. The van der Waals surface area contributed by atoms with E-state index in [1.807, 2.05) is 0 Å². The fourth-order valence-electron chi connectivity index (χ4n) is 0.889. The lowest BCUT2D eigenvalue weighted by atomic mass is 10.2. The number of benzene rings is 1. The van der Waals surface area contributed by atoms with Crippen LogP contribution < -0.4 is 4.18 Å². The Bertz CT molecular complexity index is 535. The third-order valence-electron chi connectivity index (χ3n) is 1.64. The largest absolute Gasteiger partial charge is 0.534 e. The number of rotatable bonds is 3. The molecule has 1 rings (SSSR count). The Morgan fingerprint density at radius 3 is 2.35 bits per heavy atom. The molecular formula is C8H5F3O5S. The summed E-state index contributed by atoms with van der Waals surface area (Å²) in [4.78, 5) is 10.5. The number of carbonyl (C=O) groups excluding carboxylic acids is 1. The van der Waals surface area contributed by atoms with Crippen LogP contribution in [0.1, 0.15) is 10.4 Å². The van der Waals surface area contributed by atoms with Crippen LogP contribution in [0.15, 0.2) is 18.2 Å². The normalized spacial score (nSPS) is 12.2. The second kappa shape index (κ2) is 4.24. The van der Waals surface area contributed by atoms with Crippen molar-refractivity contribution in [3.63, 3.8) is 0 Å². The number of halogens is 3. The van der Waals surface area contributed by atoms with Crippen LogP contribution in [0.4, 0.5) is 13.2 Å². The van der Waals surface area contributed by atoms with Crippen molar-refractivity contribution in [2.24, 2.45) is 0 Å². The number of hydrogen-bond donors (Lipinski definition) is 1. The predicted molar refractivity (Wildman–Crippen MR) is 49.1 cm³/mol. The molecule has 1 N–H and O–H groups in total. The molecule has 0 aliphatic heterocycles. The molecule has 0 aromatic heterocycles. The summed E-state index contributed by atoms with van der Waals surface area (Å²) in [6, 6.07) is 2.84. The van der Waals surface area contributed by atoms with Gasteiger partial charge >= 0.3 is 15.6 Å². The molecule has 0 saturated heterocycles.